The molecule has 1 aromatic rings. The van der Waals surface area contributed by atoms with Gasteiger partial charge < -0.3 is 10.2 Å². The van der Waals surface area contributed by atoms with Gasteiger partial charge in [-0.2, -0.15) is 0 Å². The van der Waals surface area contributed by atoms with E-state index in [1.54, 1.807) is 0 Å². The molecule has 1 aromatic carbocycles. The molecule has 0 bridgehead atoms. The SMILES string of the molecule is CCC1(C)CN(c2ccc(Br)c(C)c2)CCCN1. The van der Waals surface area contributed by atoms with Gasteiger partial charge in [-0.1, -0.05) is 22.9 Å². The largest absolute Gasteiger partial charge is 0.370 e. The van der Waals surface area contributed by atoms with Crippen LogP contribution in [0.2, 0.25) is 0 Å². The summed E-state index contributed by atoms with van der Waals surface area (Å²) in [6.45, 7) is 10.1. The van der Waals surface area contributed by atoms with Crippen molar-refractivity contribution < 1.29 is 0 Å². The standard InChI is InChI=1S/C15H23BrN2/c1-4-15(3)11-18(9-5-8-17-15)13-6-7-14(16)12(2)10-13/h6-7,10,17H,4-5,8-9,11H2,1-3H3. The van der Waals surface area contributed by atoms with E-state index in [1.165, 1.54) is 28.6 Å². The maximum Gasteiger partial charge on any atom is 0.0370 e. The Morgan fingerprint density at radius 3 is 2.89 bits per heavy atom. The van der Waals surface area contributed by atoms with E-state index in [-0.39, 0.29) is 5.54 Å². The lowest BCUT2D eigenvalue weighted by molar-refractivity contribution is 0.366. The Morgan fingerprint density at radius 1 is 1.44 bits per heavy atom. The molecule has 1 fully saturated rings. The van der Waals surface area contributed by atoms with Gasteiger partial charge in [-0.05, 0) is 57.0 Å². The molecule has 1 N–H and O–H groups in total. The molecule has 1 saturated heterocycles. The predicted molar refractivity (Wildman–Crippen MR) is 82.4 cm³/mol. The fourth-order valence-corrected chi connectivity index (χ4v) is 2.75. The highest BCUT2D eigenvalue weighted by atomic mass is 79.9. The lowest BCUT2D eigenvalue weighted by Gasteiger charge is -2.34. The Hall–Kier alpha value is -0.540. The summed E-state index contributed by atoms with van der Waals surface area (Å²) in [5, 5.41) is 3.68. The average molecular weight is 311 g/mol. The maximum absolute atomic E-state index is 3.68. The molecule has 0 radical (unpaired) electrons. The third kappa shape index (κ3) is 3.07. The van der Waals surface area contributed by atoms with E-state index in [0.717, 1.165) is 19.6 Å². The fourth-order valence-electron chi connectivity index (χ4n) is 2.50. The highest BCUT2D eigenvalue weighted by Crippen LogP contribution is 2.26. The van der Waals surface area contributed by atoms with Crippen LogP contribution in [0, 0.1) is 6.92 Å². The van der Waals surface area contributed by atoms with Crippen molar-refractivity contribution in [1.82, 2.24) is 5.32 Å². The highest BCUT2D eigenvalue weighted by Gasteiger charge is 2.27. The second-order valence-corrected chi connectivity index (χ2v) is 6.40. The number of aryl methyl sites for hydroxylation is 1. The van der Waals surface area contributed by atoms with Crippen LogP contribution in [-0.4, -0.2) is 25.2 Å². The Morgan fingerprint density at radius 2 is 2.22 bits per heavy atom. The van der Waals surface area contributed by atoms with E-state index in [4.69, 9.17) is 0 Å². The molecule has 0 spiro atoms. The van der Waals surface area contributed by atoms with Gasteiger partial charge in [0, 0.05) is 28.8 Å². The van der Waals surface area contributed by atoms with Crippen molar-refractivity contribution in [3.8, 4) is 0 Å². The van der Waals surface area contributed by atoms with E-state index in [1.807, 2.05) is 0 Å². The molecular weight excluding hydrogens is 288 g/mol. The monoisotopic (exact) mass is 310 g/mol. The minimum Gasteiger partial charge on any atom is -0.370 e. The Labute approximate surface area is 119 Å². The molecule has 1 unspecified atom stereocenters. The number of hydrogen-bond acceptors (Lipinski definition) is 2. The Kier molecular flexibility index (Phi) is 4.33. The summed E-state index contributed by atoms with van der Waals surface area (Å²) in [4.78, 5) is 2.52. The van der Waals surface area contributed by atoms with Gasteiger partial charge in [0.15, 0.2) is 0 Å². The number of nitrogens with zero attached hydrogens (tertiary/aromatic N) is 1. The topological polar surface area (TPSA) is 15.3 Å². The second kappa shape index (κ2) is 5.62. The van der Waals surface area contributed by atoms with E-state index >= 15 is 0 Å². The molecule has 100 valence electrons. The van der Waals surface area contributed by atoms with Crippen molar-refractivity contribution in [2.45, 2.75) is 39.2 Å². The minimum absolute atomic E-state index is 0.234. The summed E-state index contributed by atoms with van der Waals surface area (Å²) in [5.41, 5.74) is 2.89. The number of nitrogens with one attached hydrogen (secondary N) is 1. The molecule has 1 aliphatic rings. The van der Waals surface area contributed by atoms with Gasteiger partial charge in [0.2, 0.25) is 0 Å². The first-order valence-corrected chi connectivity index (χ1v) is 7.59. The normalized spacial score (nSPS) is 25.0. The zero-order valence-electron chi connectivity index (χ0n) is 11.6. The molecular formula is C15H23BrN2. The van der Waals surface area contributed by atoms with Crippen LogP contribution in [0.1, 0.15) is 32.3 Å². The van der Waals surface area contributed by atoms with Crippen LogP contribution in [0.15, 0.2) is 22.7 Å². The Balaban J connectivity index is 2.22. The summed E-state index contributed by atoms with van der Waals surface area (Å²) in [6.07, 6.45) is 2.38. The van der Waals surface area contributed by atoms with Gasteiger partial charge in [-0.25, -0.2) is 0 Å². The molecule has 0 amide bonds. The van der Waals surface area contributed by atoms with Crippen molar-refractivity contribution in [3.63, 3.8) is 0 Å². The van der Waals surface area contributed by atoms with E-state index in [9.17, 15) is 0 Å². The highest BCUT2D eigenvalue weighted by molar-refractivity contribution is 9.10. The molecule has 1 aliphatic heterocycles. The number of hydrogen-bond donors (Lipinski definition) is 1. The quantitative estimate of drug-likeness (QED) is 0.895. The van der Waals surface area contributed by atoms with Crippen molar-refractivity contribution in [2.24, 2.45) is 0 Å². The maximum atomic E-state index is 3.68. The first kappa shape index (κ1) is 13.9. The van der Waals surface area contributed by atoms with Crippen molar-refractivity contribution in [2.75, 3.05) is 24.5 Å². The van der Waals surface area contributed by atoms with Crippen molar-refractivity contribution >= 4 is 21.6 Å². The van der Waals surface area contributed by atoms with Crippen molar-refractivity contribution in [3.05, 3.63) is 28.2 Å². The molecule has 0 aliphatic carbocycles. The summed E-state index contributed by atoms with van der Waals surface area (Å²) < 4.78 is 1.19. The third-order valence-electron chi connectivity index (χ3n) is 3.98. The van der Waals surface area contributed by atoms with Crippen LogP contribution in [0.25, 0.3) is 0 Å². The number of halogens is 1. The summed E-state index contributed by atoms with van der Waals surface area (Å²) >= 11 is 3.57. The van der Waals surface area contributed by atoms with Gasteiger partial charge in [0.25, 0.3) is 0 Å². The molecule has 1 atom stereocenters. The molecule has 1 heterocycles. The zero-order valence-corrected chi connectivity index (χ0v) is 13.2. The first-order valence-electron chi connectivity index (χ1n) is 6.80. The molecule has 0 saturated carbocycles. The predicted octanol–water partition coefficient (Wildman–Crippen LogP) is 3.73. The fraction of sp³-hybridized carbons (Fsp3) is 0.600. The van der Waals surface area contributed by atoms with Crippen LogP contribution in [0.3, 0.4) is 0 Å². The van der Waals surface area contributed by atoms with Crippen molar-refractivity contribution in [1.29, 1.82) is 0 Å². The van der Waals surface area contributed by atoms with Gasteiger partial charge >= 0.3 is 0 Å². The molecule has 2 rings (SSSR count). The Bertz CT molecular complexity index is 419. The van der Waals surface area contributed by atoms with Gasteiger partial charge in [0.1, 0.15) is 0 Å². The van der Waals surface area contributed by atoms with Crippen LogP contribution in [-0.2, 0) is 0 Å². The summed E-state index contributed by atoms with van der Waals surface area (Å²) in [5.74, 6) is 0. The average Bonchev–Trinajstić information content (AvgIpc) is 2.56. The molecule has 2 nitrogen and oxygen atoms in total. The lowest BCUT2D eigenvalue weighted by Crippen LogP contribution is -2.48. The summed E-state index contributed by atoms with van der Waals surface area (Å²) in [6, 6.07) is 6.66. The third-order valence-corrected chi connectivity index (χ3v) is 4.87. The van der Waals surface area contributed by atoms with E-state index in [2.05, 4.69) is 65.1 Å². The number of benzene rings is 1. The first-order chi connectivity index (χ1) is 8.54. The molecule has 18 heavy (non-hydrogen) atoms. The zero-order chi connectivity index (χ0) is 13.2. The van der Waals surface area contributed by atoms with Crippen LogP contribution < -0.4 is 10.2 Å². The molecule has 3 heteroatoms. The van der Waals surface area contributed by atoms with Crippen LogP contribution in [0.4, 0.5) is 5.69 Å². The number of anilines is 1. The number of rotatable bonds is 2. The van der Waals surface area contributed by atoms with Gasteiger partial charge in [-0.3, -0.25) is 0 Å². The van der Waals surface area contributed by atoms with Crippen LogP contribution >= 0.6 is 15.9 Å². The van der Waals surface area contributed by atoms with Gasteiger partial charge in [-0.15, -0.1) is 0 Å². The smallest absolute Gasteiger partial charge is 0.0370 e. The van der Waals surface area contributed by atoms with E-state index in [0.29, 0.717) is 0 Å². The summed E-state index contributed by atoms with van der Waals surface area (Å²) in [7, 11) is 0. The minimum atomic E-state index is 0.234. The molecule has 0 aromatic heterocycles. The van der Waals surface area contributed by atoms with Crippen LogP contribution in [0.5, 0.6) is 0 Å². The second-order valence-electron chi connectivity index (χ2n) is 5.55. The van der Waals surface area contributed by atoms with Gasteiger partial charge in [0.05, 0.1) is 0 Å². The lowest BCUT2D eigenvalue weighted by atomic mass is 9.98. The van der Waals surface area contributed by atoms with E-state index < -0.39 is 0 Å².